The molecule has 0 saturated heterocycles. The zero-order valence-electron chi connectivity index (χ0n) is 21.4. The molecule has 0 aliphatic heterocycles. The first-order valence-electron chi connectivity index (χ1n) is 13.6. The summed E-state index contributed by atoms with van der Waals surface area (Å²) >= 11 is 0. The Bertz CT molecular complexity index is 1010. The first-order valence-corrected chi connectivity index (χ1v) is 13.6. The maximum Gasteiger partial charge on any atom is 0.164 e. The fraction of sp³-hybridized carbons (Fsp3) is 0.548. The third-order valence-corrected chi connectivity index (χ3v) is 8.03. The van der Waals surface area contributed by atoms with Crippen LogP contribution in [0.2, 0.25) is 0 Å². The maximum atomic E-state index is 14.8. The zero-order valence-corrected chi connectivity index (χ0v) is 21.4. The predicted molar refractivity (Wildman–Crippen MR) is 138 cm³/mol. The molecule has 0 radical (unpaired) electrons. The number of benzene rings is 2. The van der Waals surface area contributed by atoms with Crippen LogP contribution in [0.25, 0.3) is 0 Å². The van der Waals surface area contributed by atoms with Gasteiger partial charge in [0.1, 0.15) is 11.6 Å². The van der Waals surface area contributed by atoms with Crippen LogP contribution in [0.15, 0.2) is 43.0 Å². The predicted octanol–water partition coefficient (Wildman–Crippen LogP) is 8.99. The van der Waals surface area contributed by atoms with E-state index >= 15 is 0 Å². The highest BCUT2D eigenvalue weighted by Gasteiger charge is 2.27. The lowest BCUT2D eigenvalue weighted by Gasteiger charge is -2.29. The van der Waals surface area contributed by atoms with Crippen LogP contribution in [-0.2, 0) is 11.3 Å². The second-order valence-electron chi connectivity index (χ2n) is 10.6. The number of allylic oxidation sites excluding steroid dienone is 1. The topological polar surface area (TPSA) is 18.5 Å². The van der Waals surface area contributed by atoms with Crippen molar-refractivity contribution in [3.8, 4) is 5.75 Å². The zero-order chi connectivity index (χ0) is 25.5. The van der Waals surface area contributed by atoms with Gasteiger partial charge in [0.2, 0.25) is 0 Å². The molecule has 2 aromatic rings. The number of hydrogen-bond acceptors (Lipinski definition) is 2. The lowest BCUT2D eigenvalue weighted by Crippen LogP contribution is -2.21. The molecule has 196 valence electrons. The summed E-state index contributed by atoms with van der Waals surface area (Å²) in [6.45, 7) is 6.51. The van der Waals surface area contributed by atoms with E-state index in [2.05, 4.69) is 13.5 Å². The molecule has 2 fully saturated rings. The van der Waals surface area contributed by atoms with Gasteiger partial charge in [-0.2, -0.15) is 0 Å². The molecule has 0 atom stereocenters. The lowest BCUT2D eigenvalue weighted by atomic mass is 9.79. The van der Waals surface area contributed by atoms with Gasteiger partial charge in [-0.05, 0) is 86.3 Å². The van der Waals surface area contributed by atoms with E-state index in [0.717, 1.165) is 64.2 Å². The van der Waals surface area contributed by atoms with Crippen LogP contribution in [0.3, 0.4) is 0 Å². The molecule has 4 rings (SSSR count). The first kappa shape index (κ1) is 26.8. The molecule has 0 amide bonds. The summed E-state index contributed by atoms with van der Waals surface area (Å²) < 4.78 is 56.0. The molecule has 0 aromatic heterocycles. The third kappa shape index (κ3) is 6.73. The van der Waals surface area contributed by atoms with Crippen molar-refractivity contribution < 1.29 is 22.6 Å². The minimum absolute atomic E-state index is 0.0289. The lowest BCUT2D eigenvalue weighted by molar-refractivity contribution is 0.0116. The summed E-state index contributed by atoms with van der Waals surface area (Å²) in [4.78, 5) is 0. The van der Waals surface area contributed by atoms with Crippen molar-refractivity contribution in [2.75, 3.05) is 6.61 Å². The van der Waals surface area contributed by atoms with Crippen LogP contribution in [0.4, 0.5) is 13.2 Å². The van der Waals surface area contributed by atoms with Crippen LogP contribution >= 0.6 is 0 Å². The summed E-state index contributed by atoms with van der Waals surface area (Å²) in [5.41, 5.74) is 1.50. The standard InChI is InChI=1S/C31H39F3O2/c1-3-4-5-18-35-26-15-17-27(29(32)19-26)22-10-13-25(14-11-22)36-20-24-12-16-28(31(34)30(24)33)23-8-6-21(2)7-9-23/h3,12,15-17,19,21-23,25H,1,4-11,13-14,18,20H2,2H3. The molecule has 36 heavy (non-hydrogen) atoms. The third-order valence-electron chi connectivity index (χ3n) is 8.03. The summed E-state index contributed by atoms with van der Waals surface area (Å²) in [6, 6.07) is 8.58. The summed E-state index contributed by atoms with van der Waals surface area (Å²) in [5, 5.41) is 0. The summed E-state index contributed by atoms with van der Waals surface area (Å²) in [6.07, 6.45) is 10.7. The molecule has 2 nitrogen and oxygen atoms in total. The quantitative estimate of drug-likeness (QED) is 0.239. The van der Waals surface area contributed by atoms with Gasteiger partial charge in [0.05, 0.1) is 19.3 Å². The molecule has 0 bridgehead atoms. The second-order valence-corrected chi connectivity index (χ2v) is 10.6. The minimum atomic E-state index is -0.770. The number of rotatable bonds is 10. The van der Waals surface area contributed by atoms with E-state index in [1.807, 2.05) is 18.2 Å². The van der Waals surface area contributed by atoms with E-state index < -0.39 is 11.6 Å². The van der Waals surface area contributed by atoms with Crippen molar-refractivity contribution in [2.24, 2.45) is 5.92 Å². The Kier molecular flexibility index (Phi) is 9.53. The largest absolute Gasteiger partial charge is 0.493 e. The molecule has 0 unspecified atom stereocenters. The first-order chi connectivity index (χ1) is 17.5. The fourth-order valence-corrected chi connectivity index (χ4v) is 5.70. The van der Waals surface area contributed by atoms with Gasteiger partial charge in [-0.15, -0.1) is 6.58 Å². The highest BCUT2D eigenvalue weighted by Crippen LogP contribution is 2.39. The van der Waals surface area contributed by atoms with Gasteiger partial charge in [-0.1, -0.05) is 44.0 Å². The Morgan fingerprint density at radius 3 is 2.22 bits per heavy atom. The van der Waals surface area contributed by atoms with Gasteiger partial charge in [0.25, 0.3) is 0 Å². The molecule has 0 spiro atoms. The van der Waals surface area contributed by atoms with Gasteiger partial charge in [0.15, 0.2) is 11.6 Å². The van der Waals surface area contributed by atoms with E-state index in [-0.39, 0.29) is 35.9 Å². The number of hydrogen-bond donors (Lipinski definition) is 0. The molecule has 5 heteroatoms. The van der Waals surface area contributed by atoms with E-state index in [1.54, 1.807) is 12.1 Å². The number of unbranched alkanes of at least 4 members (excludes halogenated alkanes) is 1. The van der Waals surface area contributed by atoms with E-state index in [4.69, 9.17) is 9.47 Å². The van der Waals surface area contributed by atoms with E-state index in [0.29, 0.717) is 29.4 Å². The molecular formula is C31H39F3O2. The Morgan fingerprint density at radius 2 is 1.53 bits per heavy atom. The van der Waals surface area contributed by atoms with Gasteiger partial charge in [0, 0.05) is 11.6 Å². The molecule has 0 N–H and O–H groups in total. The minimum Gasteiger partial charge on any atom is -0.493 e. The Labute approximate surface area is 213 Å². The average molecular weight is 501 g/mol. The van der Waals surface area contributed by atoms with Crippen molar-refractivity contribution >= 4 is 0 Å². The molecule has 2 aromatic carbocycles. The molecular weight excluding hydrogens is 461 g/mol. The monoisotopic (exact) mass is 500 g/mol. The van der Waals surface area contributed by atoms with Crippen molar-refractivity contribution in [1.82, 2.24) is 0 Å². The average Bonchev–Trinajstić information content (AvgIpc) is 2.89. The molecule has 2 aliphatic rings. The molecule has 2 saturated carbocycles. The van der Waals surface area contributed by atoms with Crippen molar-refractivity contribution in [3.05, 3.63) is 77.1 Å². The highest BCUT2D eigenvalue weighted by atomic mass is 19.2. The van der Waals surface area contributed by atoms with Crippen molar-refractivity contribution in [1.29, 1.82) is 0 Å². The van der Waals surface area contributed by atoms with Crippen LogP contribution in [0.1, 0.15) is 99.7 Å². The van der Waals surface area contributed by atoms with Gasteiger partial charge in [-0.3, -0.25) is 0 Å². The summed E-state index contributed by atoms with van der Waals surface area (Å²) in [7, 11) is 0. The number of halogens is 3. The Morgan fingerprint density at radius 1 is 0.861 bits per heavy atom. The normalized spacial score (nSPS) is 24.4. The van der Waals surface area contributed by atoms with Crippen molar-refractivity contribution in [3.63, 3.8) is 0 Å². The van der Waals surface area contributed by atoms with E-state index in [1.165, 1.54) is 6.07 Å². The maximum absolute atomic E-state index is 14.8. The van der Waals surface area contributed by atoms with Crippen LogP contribution < -0.4 is 4.74 Å². The number of ether oxygens (including phenoxy) is 2. The van der Waals surface area contributed by atoms with Crippen LogP contribution in [0, 0.1) is 23.4 Å². The second kappa shape index (κ2) is 12.8. The van der Waals surface area contributed by atoms with Crippen LogP contribution in [0.5, 0.6) is 5.75 Å². The SMILES string of the molecule is C=CCCCOc1ccc(C2CCC(OCc3ccc(C4CCC(C)CC4)c(F)c3F)CC2)c(F)c1. The van der Waals surface area contributed by atoms with Gasteiger partial charge < -0.3 is 9.47 Å². The smallest absolute Gasteiger partial charge is 0.164 e. The Balaban J connectivity index is 1.26. The fourth-order valence-electron chi connectivity index (χ4n) is 5.70. The Hall–Kier alpha value is -2.27. The van der Waals surface area contributed by atoms with Gasteiger partial charge >= 0.3 is 0 Å². The summed E-state index contributed by atoms with van der Waals surface area (Å²) in [5.74, 6) is -0.247. The van der Waals surface area contributed by atoms with Crippen molar-refractivity contribution in [2.45, 2.75) is 95.7 Å². The highest BCUT2D eigenvalue weighted by molar-refractivity contribution is 5.32. The van der Waals surface area contributed by atoms with Crippen LogP contribution in [-0.4, -0.2) is 12.7 Å². The molecule has 0 heterocycles. The van der Waals surface area contributed by atoms with E-state index in [9.17, 15) is 13.2 Å². The molecule has 2 aliphatic carbocycles. The van der Waals surface area contributed by atoms with Gasteiger partial charge in [-0.25, -0.2) is 13.2 Å².